The SMILES string of the molecule is CN1CCN(S(=O)(=O)CCCN2CCC(CCCNC(=O)c3cccc4c3OCCO4)CC2)CC1. The average Bonchev–Trinajstić information content (AvgIpc) is 2.87. The number of carbonyl (C=O) groups excluding carboxylic acids is 1. The summed E-state index contributed by atoms with van der Waals surface area (Å²) in [7, 11) is -1.10. The summed E-state index contributed by atoms with van der Waals surface area (Å²) in [6, 6.07) is 5.41. The molecule has 10 heteroatoms. The van der Waals surface area contributed by atoms with Gasteiger partial charge >= 0.3 is 0 Å². The Morgan fingerprint density at radius 3 is 2.54 bits per heavy atom. The van der Waals surface area contributed by atoms with Crippen molar-refractivity contribution in [3.05, 3.63) is 23.8 Å². The van der Waals surface area contributed by atoms with Gasteiger partial charge in [0.1, 0.15) is 13.2 Å². The van der Waals surface area contributed by atoms with Crippen molar-refractivity contribution in [2.45, 2.75) is 32.1 Å². The van der Waals surface area contributed by atoms with Crippen LogP contribution in [0.1, 0.15) is 42.5 Å². The number of likely N-dealkylation sites (N-methyl/N-ethyl adjacent to an activating group) is 1. The molecule has 0 aliphatic carbocycles. The molecule has 0 saturated carbocycles. The van der Waals surface area contributed by atoms with Gasteiger partial charge in [0.25, 0.3) is 5.91 Å². The normalized spacial score (nSPS) is 20.6. The minimum atomic E-state index is -3.14. The number of para-hydroxylation sites is 1. The van der Waals surface area contributed by atoms with Crippen molar-refractivity contribution in [1.82, 2.24) is 19.4 Å². The fourth-order valence-electron chi connectivity index (χ4n) is 5.11. The summed E-state index contributed by atoms with van der Waals surface area (Å²) in [5, 5.41) is 3.02. The van der Waals surface area contributed by atoms with Gasteiger partial charge in [-0.25, -0.2) is 8.42 Å². The first-order valence-electron chi connectivity index (χ1n) is 13.0. The van der Waals surface area contributed by atoms with Crippen LogP contribution in [0.2, 0.25) is 0 Å². The van der Waals surface area contributed by atoms with Crippen molar-refractivity contribution in [2.24, 2.45) is 5.92 Å². The van der Waals surface area contributed by atoms with Crippen molar-refractivity contribution in [3.63, 3.8) is 0 Å². The molecule has 35 heavy (non-hydrogen) atoms. The molecule has 2 fully saturated rings. The Hall–Kier alpha value is -1.88. The van der Waals surface area contributed by atoms with E-state index >= 15 is 0 Å². The number of piperazine rings is 1. The third-order valence-corrected chi connectivity index (χ3v) is 9.28. The average molecular weight is 509 g/mol. The lowest BCUT2D eigenvalue weighted by molar-refractivity contribution is 0.0940. The van der Waals surface area contributed by atoms with Crippen LogP contribution in [-0.4, -0.2) is 107 Å². The highest BCUT2D eigenvalue weighted by Crippen LogP contribution is 2.33. The largest absolute Gasteiger partial charge is 0.486 e. The number of rotatable bonds is 10. The van der Waals surface area contributed by atoms with Crippen LogP contribution in [0.25, 0.3) is 0 Å². The first-order valence-corrected chi connectivity index (χ1v) is 14.6. The van der Waals surface area contributed by atoms with Crippen LogP contribution >= 0.6 is 0 Å². The number of ether oxygens (including phenoxy) is 2. The zero-order chi connectivity index (χ0) is 24.7. The van der Waals surface area contributed by atoms with E-state index in [4.69, 9.17) is 9.47 Å². The van der Waals surface area contributed by atoms with Crippen LogP contribution in [0.15, 0.2) is 18.2 Å². The molecule has 196 valence electrons. The molecule has 0 spiro atoms. The lowest BCUT2D eigenvalue weighted by atomic mass is 9.92. The summed E-state index contributed by atoms with van der Waals surface area (Å²) in [6.45, 7) is 7.37. The highest BCUT2D eigenvalue weighted by atomic mass is 32.2. The van der Waals surface area contributed by atoms with Gasteiger partial charge in [-0.15, -0.1) is 0 Å². The summed E-state index contributed by atoms with van der Waals surface area (Å²) in [6.07, 6.45) is 5.01. The molecule has 3 heterocycles. The van der Waals surface area contributed by atoms with Crippen molar-refractivity contribution in [2.75, 3.05) is 78.4 Å². The lowest BCUT2D eigenvalue weighted by Gasteiger charge is -2.33. The van der Waals surface area contributed by atoms with Crippen LogP contribution in [0.5, 0.6) is 11.5 Å². The molecule has 0 atom stereocenters. The van der Waals surface area contributed by atoms with Crippen LogP contribution in [-0.2, 0) is 10.0 Å². The van der Waals surface area contributed by atoms with Gasteiger partial charge in [-0.1, -0.05) is 6.07 Å². The smallest absolute Gasteiger partial charge is 0.255 e. The molecule has 0 unspecified atom stereocenters. The number of amides is 1. The number of sulfonamides is 1. The Bertz CT molecular complexity index is 941. The number of fused-ring (bicyclic) bond motifs is 1. The van der Waals surface area contributed by atoms with Gasteiger partial charge in [-0.3, -0.25) is 4.79 Å². The number of benzene rings is 1. The molecule has 9 nitrogen and oxygen atoms in total. The lowest BCUT2D eigenvalue weighted by Crippen LogP contribution is -2.48. The van der Waals surface area contributed by atoms with Crippen molar-refractivity contribution in [1.29, 1.82) is 0 Å². The van der Waals surface area contributed by atoms with Crippen molar-refractivity contribution < 1.29 is 22.7 Å². The molecule has 2 saturated heterocycles. The molecule has 1 aromatic rings. The highest BCUT2D eigenvalue weighted by Gasteiger charge is 2.26. The van der Waals surface area contributed by atoms with E-state index in [9.17, 15) is 13.2 Å². The summed E-state index contributed by atoms with van der Waals surface area (Å²) in [5.74, 6) is 1.97. The van der Waals surface area contributed by atoms with Crippen LogP contribution < -0.4 is 14.8 Å². The molecule has 0 aromatic heterocycles. The van der Waals surface area contributed by atoms with E-state index in [2.05, 4.69) is 15.1 Å². The number of hydrogen-bond donors (Lipinski definition) is 1. The molecule has 1 amide bonds. The second-order valence-electron chi connectivity index (χ2n) is 9.88. The fraction of sp³-hybridized carbons (Fsp3) is 0.720. The first kappa shape index (κ1) is 26.2. The topological polar surface area (TPSA) is 91.4 Å². The number of nitrogens with one attached hydrogen (secondary N) is 1. The maximum Gasteiger partial charge on any atom is 0.255 e. The van der Waals surface area contributed by atoms with Gasteiger partial charge in [-0.2, -0.15) is 4.31 Å². The van der Waals surface area contributed by atoms with E-state index in [1.807, 2.05) is 19.2 Å². The third-order valence-electron chi connectivity index (χ3n) is 7.32. The van der Waals surface area contributed by atoms with Gasteiger partial charge in [0.05, 0.1) is 11.3 Å². The molecular formula is C25H40N4O5S. The summed E-state index contributed by atoms with van der Waals surface area (Å²) >= 11 is 0. The Balaban J connectivity index is 1.09. The molecule has 0 bridgehead atoms. The number of carbonyl (C=O) groups is 1. The molecule has 1 N–H and O–H groups in total. The molecule has 1 aromatic carbocycles. The van der Waals surface area contributed by atoms with Crippen molar-refractivity contribution >= 4 is 15.9 Å². The number of likely N-dealkylation sites (tertiary alicyclic amines) is 1. The quantitative estimate of drug-likeness (QED) is 0.481. The molecular weight excluding hydrogens is 468 g/mol. The van der Waals surface area contributed by atoms with Crippen molar-refractivity contribution in [3.8, 4) is 11.5 Å². The Morgan fingerprint density at radius 2 is 1.77 bits per heavy atom. The summed E-state index contributed by atoms with van der Waals surface area (Å²) < 4.78 is 38.0. The maximum atomic E-state index is 12.6. The molecule has 0 radical (unpaired) electrons. The van der Waals surface area contributed by atoms with Gasteiger partial charge < -0.3 is 24.6 Å². The summed E-state index contributed by atoms with van der Waals surface area (Å²) in [4.78, 5) is 17.2. The number of piperidine rings is 1. The highest BCUT2D eigenvalue weighted by molar-refractivity contribution is 7.89. The second-order valence-corrected chi connectivity index (χ2v) is 12.0. The zero-order valence-corrected chi connectivity index (χ0v) is 21.7. The van der Waals surface area contributed by atoms with E-state index in [1.165, 1.54) is 0 Å². The van der Waals surface area contributed by atoms with Gasteiger partial charge in [0.2, 0.25) is 10.0 Å². The fourth-order valence-corrected chi connectivity index (χ4v) is 6.58. The minimum absolute atomic E-state index is 0.117. The van der Waals surface area contributed by atoms with Crippen LogP contribution in [0.4, 0.5) is 0 Å². The summed E-state index contributed by atoms with van der Waals surface area (Å²) in [5.41, 5.74) is 0.533. The Labute approximate surface area is 209 Å². The van der Waals surface area contributed by atoms with E-state index in [0.717, 1.165) is 58.4 Å². The molecule has 3 aliphatic rings. The maximum absolute atomic E-state index is 12.6. The van der Waals surface area contributed by atoms with Gasteiger partial charge in [0, 0.05) is 32.7 Å². The number of hydrogen-bond acceptors (Lipinski definition) is 7. The minimum Gasteiger partial charge on any atom is -0.486 e. The van der Waals surface area contributed by atoms with E-state index < -0.39 is 10.0 Å². The van der Waals surface area contributed by atoms with Gasteiger partial charge in [-0.05, 0) is 76.8 Å². The standard InChI is InChI=1S/C25H40N4O5S/c1-27-14-16-29(17-15-27)35(31,32)20-4-11-28-12-8-21(9-13-28)5-3-10-26-25(30)22-6-2-7-23-24(22)34-19-18-33-23/h2,6-7,21H,3-5,8-20H2,1H3,(H,26,30). The first-order chi connectivity index (χ1) is 16.9. The van der Waals surface area contributed by atoms with E-state index in [0.29, 0.717) is 62.2 Å². The van der Waals surface area contributed by atoms with E-state index in [-0.39, 0.29) is 11.7 Å². The van der Waals surface area contributed by atoms with Crippen LogP contribution in [0, 0.1) is 5.92 Å². The predicted molar refractivity (Wildman–Crippen MR) is 136 cm³/mol. The Morgan fingerprint density at radius 1 is 1.03 bits per heavy atom. The van der Waals surface area contributed by atoms with Gasteiger partial charge in [0.15, 0.2) is 11.5 Å². The zero-order valence-electron chi connectivity index (χ0n) is 20.9. The third kappa shape index (κ3) is 7.31. The Kier molecular flexibility index (Phi) is 9.27. The monoisotopic (exact) mass is 508 g/mol. The van der Waals surface area contributed by atoms with Crippen LogP contribution in [0.3, 0.4) is 0 Å². The second kappa shape index (κ2) is 12.4. The molecule has 4 rings (SSSR count). The van der Waals surface area contributed by atoms with E-state index in [1.54, 1.807) is 10.4 Å². The molecule has 3 aliphatic heterocycles. The predicted octanol–water partition coefficient (Wildman–Crippen LogP) is 1.65. The number of nitrogens with zero attached hydrogens (tertiary/aromatic N) is 3.